The number of carbonyl (C=O) groups is 2. The third-order valence-corrected chi connectivity index (χ3v) is 10.0. The summed E-state index contributed by atoms with van der Waals surface area (Å²) in [6.45, 7) is 10.1. The molecule has 0 unspecified atom stereocenters. The molecular formula is C34H39BrINO5. The minimum absolute atomic E-state index is 0.112. The van der Waals surface area contributed by atoms with Gasteiger partial charge in [0.05, 0.1) is 17.3 Å². The van der Waals surface area contributed by atoms with Gasteiger partial charge in [0.1, 0.15) is 6.61 Å². The van der Waals surface area contributed by atoms with E-state index >= 15 is 0 Å². The molecule has 2 aromatic carbocycles. The predicted octanol–water partition coefficient (Wildman–Crippen LogP) is 7.97. The molecule has 0 saturated heterocycles. The Labute approximate surface area is 271 Å². The topological polar surface area (TPSA) is 65.1 Å². The fourth-order valence-corrected chi connectivity index (χ4v) is 7.83. The number of ether oxygens (including phenoxy) is 3. The van der Waals surface area contributed by atoms with E-state index in [1.807, 2.05) is 30.3 Å². The highest BCUT2D eigenvalue weighted by Crippen LogP contribution is 2.55. The van der Waals surface area contributed by atoms with E-state index < -0.39 is 5.92 Å². The van der Waals surface area contributed by atoms with Gasteiger partial charge < -0.3 is 19.1 Å². The highest BCUT2D eigenvalue weighted by molar-refractivity contribution is 14.1. The Kier molecular flexibility index (Phi) is 8.99. The molecule has 0 spiro atoms. The van der Waals surface area contributed by atoms with Crippen LogP contribution in [0.2, 0.25) is 0 Å². The van der Waals surface area contributed by atoms with Crippen LogP contribution in [0.15, 0.2) is 63.4 Å². The average molecular weight is 748 g/mol. The summed E-state index contributed by atoms with van der Waals surface area (Å²) in [7, 11) is 3.32. The molecule has 0 radical (unpaired) electrons. The number of Topliss-reactive ketones (excluding diaryl/α,β-unsaturated/α-hetero) is 2. The Hall–Kier alpha value is -2.17. The van der Waals surface area contributed by atoms with E-state index in [2.05, 4.69) is 77.2 Å². The third-order valence-electron chi connectivity index (χ3n) is 8.46. The summed E-state index contributed by atoms with van der Waals surface area (Å²) in [4.78, 5) is 30.3. The molecule has 3 aliphatic rings. The molecule has 0 aromatic heterocycles. The second-order valence-corrected chi connectivity index (χ2v) is 15.1. The summed E-state index contributed by atoms with van der Waals surface area (Å²) in [6.07, 6.45) is 2.43. The van der Waals surface area contributed by atoms with E-state index in [9.17, 15) is 9.59 Å². The number of ketones is 2. The molecule has 5 rings (SSSR count). The molecule has 42 heavy (non-hydrogen) atoms. The molecule has 0 saturated carbocycles. The van der Waals surface area contributed by atoms with E-state index in [0.717, 1.165) is 54.6 Å². The Balaban J connectivity index is 1.66. The molecule has 224 valence electrons. The Morgan fingerprint density at radius 2 is 1.52 bits per heavy atom. The van der Waals surface area contributed by atoms with Crippen molar-refractivity contribution in [3.05, 3.63) is 78.1 Å². The van der Waals surface area contributed by atoms with Gasteiger partial charge in [0.25, 0.3) is 0 Å². The maximum atomic E-state index is 14.0. The van der Waals surface area contributed by atoms with E-state index in [0.29, 0.717) is 44.1 Å². The van der Waals surface area contributed by atoms with Gasteiger partial charge in [-0.25, -0.2) is 0 Å². The number of hydrogen-bond donors (Lipinski definition) is 0. The van der Waals surface area contributed by atoms with Crippen LogP contribution in [0.4, 0.5) is 0 Å². The van der Waals surface area contributed by atoms with Crippen LogP contribution in [0, 0.1) is 14.4 Å². The smallest absolute Gasteiger partial charge is 0.174 e. The quantitative estimate of drug-likeness (QED) is 0.256. The molecule has 0 atom stereocenters. The zero-order valence-corrected chi connectivity index (χ0v) is 29.0. The second kappa shape index (κ2) is 12.1. The SMILES string of the molecule is COCCN1C2=C(C(=O)CC(C)(C)C2)C(c2cc(I)c(OCc3ccccc3Br)c(OC)c2)C2=C1CC(C)(C)CC2=O. The Morgan fingerprint density at radius 1 is 0.929 bits per heavy atom. The van der Waals surface area contributed by atoms with Gasteiger partial charge in [-0.2, -0.15) is 0 Å². The van der Waals surface area contributed by atoms with Crippen LogP contribution in [-0.4, -0.2) is 43.8 Å². The van der Waals surface area contributed by atoms with E-state index in [-0.39, 0.29) is 22.4 Å². The minimum atomic E-state index is -0.444. The normalized spacial score (nSPS) is 20.0. The van der Waals surface area contributed by atoms with Crippen LogP contribution in [0.3, 0.4) is 0 Å². The van der Waals surface area contributed by atoms with Gasteiger partial charge in [-0.3, -0.25) is 9.59 Å². The lowest BCUT2D eigenvalue weighted by Crippen LogP contribution is -2.45. The van der Waals surface area contributed by atoms with Crippen molar-refractivity contribution in [3.63, 3.8) is 0 Å². The van der Waals surface area contributed by atoms with Crippen molar-refractivity contribution in [3.8, 4) is 11.5 Å². The average Bonchev–Trinajstić information content (AvgIpc) is 2.90. The molecular weight excluding hydrogens is 709 g/mol. The van der Waals surface area contributed by atoms with E-state index in [1.54, 1.807) is 14.2 Å². The molecule has 1 aliphatic heterocycles. The summed E-state index contributed by atoms with van der Waals surface area (Å²) in [5.41, 5.74) is 5.13. The van der Waals surface area contributed by atoms with Gasteiger partial charge in [0, 0.05) is 65.0 Å². The first kappa shape index (κ1) is 31.3. The van der Waals surface area contributed by atoms with Crippen molar-refractivity contribution in [1.29, 1.82) is 0 Å². The van der Waals surface area contributed by atoms with Crippen LogP contribution in [0.1, 0.15) is 70.4 Å². The lowest BCUT2D eigenvalue weighted by molar-refractivity contribution is -0.119. The van der Waals surface area contributed by atoms with Crippen molar-refractivity contribution in [2.24, 2.45) is 10.8 Å². The van der Waals surface area contributed by atoms with Crippen molar-refractivity contribution >= 4 is 50.1 Å². The van der Waals surface area contributed by atoms with Crippen molar-refractivity contribution < 1.29 is 23.8 Å². The van der Waals surface area contributed by atoms with E-state index in [1.165, 1.54) is 0 Å². The molecule has 2 aliphatic carbocycles. The van der Waals surface area contributed by atoms with Crippen molar-refractivity contribution in [2.75, 3.05) is 27.4 Å². The van der Waals surface area contributed by atoms with Gasteiger partial charge in [0.15, 0.2) is 23.1 Å². The summed E-state index contributed by atoms with van der Waals surface area (Å²) in [6, 6.07) is 12.0. The minimum Gasteiger partial charge on any atom is -0.493 e. The van der Waals surface area contributed by atoms with Crippen LogP contribution in [-0.2, 0) is 20.9 Å². The number of halogens is 2. The van der Waals surface area contributed by atoms with Gasteiger partial charge in [-0.05, 0) is 70.0 Å². The van der Waals surface area contributed by atoms with Gasteiger partial charge >= 0.3 is 0 Å². The molecule has 8 heteroatoms. The number of benzene rings is 2. The van der Waals surface area contributed by atoms with E-state index in [4.69, 9.17) is 14.2 Å². The molecule has 0 bridgehead atoms. The Morgan fingerprint density at radius 3 is 2.07 bits per heavy atom. The molecule has 2 aromatic rings. The number of rotatable bonds is 8. The van der Waals surface area contributed by atoms with Crippen LogP contribution in [0.25, 0.3) is 0 Å². The standard InChI is InChI=1S/C34H39BrINO5/c1-33(2)15-24-30(26(38)17-33)29(31-25(37(24)11-12-40-5)16-34(3,4)18-27(31)39)21-13-23(36)32(28(14-21)41-6)42-19-20-9-7-8-10-22(20)35/h7-10,13-14,29H,11-12,15-19H2,1-6H3. The zero-order valence-electron chi connectivity index (χ0n) is 25.2. The lowest BCUT2D eigenvalue weighted by atomic mass is 9.63. The monoisotopic (exact) mass is 747 g/mol. The maximum absolute atomic E-state index is 14.0. The Bertz CT molecular complexity index is 1440. The molecule has 0 fully saturated rings. The lowest BCUT2D eigenvalue weighted by Gasteiger charge is -2.49. The van der Waals surface area contributed by atoms with Crippen LogP contribution >= 0.6 is 38.5 Å². The fourth-order valence-electron chi connectivity index (χ4n) is 6.65. The van der Waals surface area contributed by atoms with Gasteiger partial charge in [0.2, 0.25) is 0 Å². The third kappa shape index (κ3) is 6.09. The second-order valence-electron chi connectivity index (χ2n) is 13.1. The first-order valence-corrected chi connectivity index (χ1v) is 16.3. The van der Waals surface area contributed by atoms with Crippen LogP contribution < -0.4 is 9.47 Å². The van der Waals surface area contributed by atoms with Crippen LogP contribution in [0.5, 0.6) is 11.5 Å². The van der Waals surface area contributed by atoms with Crippen molar-refractivity contribution in [2.45, 2.75) is 65.9 Å². The number of nitrogens with zero attached hydrogens (tertiary/aromatic N) is 1. The molecule has 1 heterocycles. The fraction of sp³-hybridized carbons (Fsp3) is 0.471. The van der Waals surface area contributed by atoms with Gasteiger partial charge in [-0.1, -0.05) is 61.8 Å². The summed E-state index contributed by atoms with van der Waals surface area (Å²) in [5.74, 6) is 1.01. The highest BCUT2D eigenvalue weighted by Gasteiger charge is 2.49. The highest BCUT2D eigenvalue weighted by atomic mass is 127. The first-order chi connectivity index (χ1) is 19.9. The summed E-state index contributed by atoms with van der Waals surface area (Å²) < 4.78 is 19.5. The molecule has 6 nitrogen and oxygen atoms in total. The number of carbonyl (C=O) groups excluding carboxylic acids is 2. The van der Waals surface area contributed by atoms with Gasteiger partial charge in [-0.15, -0.1) is 0 Å². The predicted molar refractivity (Wildman–Crippen MR) is 176 cm³/mol. The number of hydrogen-bond acceptors (Lipinski definition) is 6. The first-order valence-electron chi connectivity index (χ1n) is 14.4. The van der Waals surface area contributed by atoms with Crippen molar-refractivity contribution in [1.82, 2.24) is 4.90 Å². The number of methoxy groups -OCH3 is 2. The summed E-state index contributed by atoms with van der Waals surface area (Å²) >= 11 is 5.88. The maximum Gasteiger partial charge on any atom is 0.174 e. The zero-order chi connectivity index (χ0) is 30.4. The molecule has 0 amide bonds. The molecule has 0 N–H and O–H groups in total. The largest absolute Gasteiger partial charge is 0.493 e. The summed E-state index contributed by atoms with van der Waals surface area (Å²) in [5, 5.41) is 0. The number of allylic oxidation sites excluding steroid dienone is 4.